The molecule has 0 spiro atoms. The summed E-state index contributed by atoms with van der Waals surface area (Å²) in [5.41, 5.74) is 0.951. The SMILES string of the molecule is C[C@H]1COCCN1c1cc(CSCCOC2CCCCO2)nc(Cl)n1. The zero-order valence-electron chi connectivity index (χ0n) is 14.7. The predicted octanol–water partition coefficient (Wildman–Crippen LogP) is 3.13. The number of aromatic nitrogens is 2. The molecule has 25 heavy (non-hydrogen) atoms. The number of hydrogen-bond acceptors (Lipinski definition) is 7. The number of anilines is 1. The Balaban J connectivity index is 1.45. The fraction of sp³-hybridized carbons (Fsp3) is 0.765. The molecule has 3 heterocycles. The molecule has 0 saturated carbocycles. The van der Waals surface area contributed by atoms with Gasteiger partial charge in [0, 0.05) is 30.7 Å². The highest BCUT2D eigenvalue weighted by Crippen LogP contribution is 2.22. The van der Waals surface area contributed by atoms with Crippen molar-refractivity contribution in [2.24, 2.45) is 0 Å². The van der Waals surface area contributed by atoms with Crippen LogP contribution >= 0.6 is 23.4 Å². The molecule has 0 aromatic carbocycles. The number of thioether (sulfide) groups is 1. The Kier molecular flexibility index (Phi) is 7.61. The monoisotopic (exact) mass is 387 g/mol. The maximum absolute atomic E-state index is 6.13. The van der Waals surface area contributed by atoms with Gasteiger partial charge in [-0.2, -0.15) is 11.8 Å². The van der Waals surface area contributed by atoms with Gasteiger partial charge in [0.15, 0.2) is 6.29 Å². The highest BCUT2D eigenvalue weighted by Gasteiger charge is 2.21. The quantitative estimate of drug-likeness (QED) is 0.526. The molecule has 0 aliphatic carbocycles. The third-order valence-corrected chi connectivity index (χ3v) is 5.44. The number of nitrogens with zero attached hydrogens (tertiary/aromatic N) is 3. The van der Waals surface area contributed by atoms with E-state index in [0.717, 1.165) is 55.6 Å². The predicted molar refractivity (Wildman–Crippen MR) is 100 cm³/mol. The number of halogens is 1. The highest BCUT2D eigenvalue weighted by atomic mass is 35.5. The van der Waals surface area contributed by atoms with E-state index in [2.05, 4.69) is 21.8 Å². The number of ether oxygens (including phenoxy) is 3. The molecule has 2 aliphatic rings. The fourth-order valence-electron chi connectivity index (χ4n) is 3.00. The summed E-state index contributed by atoms with van der Waals surface area (Å²) >= 11 is 7.92. The average molecular weight is 388 g/mol. The van der Waals surface area contributed by atoms with Crippen molar-refractivity contribution < 1.29 is 14.2 Å². The average Bonchev–Trinajstić information content (AvgIpc) is 2.62. The van der Waals surface area contributed by atoms with Crippen LogP contribution in [0, 0.1) is 0 Å². The lowest BCUT2D eigenvalue weighted by molar-refractivity contribution is -0.158. The first kappa shape index (κ1) is 19.2. The Bertz CT molecular complexity index is 546. The standard InChI is InChI=1S/C17H26ClN3O3S/c1-13-11-22-7-5-21(13)15-10-14(19-17(18)20-15)12-25-9-8-24-16-4-2-3-6-23-16/h10,13,16H,2-9,11-12H2,1H3/t13-,16?/m0/s1. The van der Waals surface area contributed by atoms with E-state index in [1.54, 1.807) is 11.8 Å². The number of hydrogen-bond donors (Lipinski definition) is 0. The first-order valence-electron chi connectivity index (χ1n) is 8.91. The molecule has 6 nitrogen and oxygen atoms in total. The molecule has 1 aromatic rings. The molecular weight excluding hydrogens is 362 g/mol. The van der Waals surface area contributed by atoms with Crippen molar-refractivity contribution in [3.63, 3.8) is 0 Å². The van der Waals surface area contributed by atoms with E-state index in [1.165, 1.54) is 6.42 Å². The summed E-state index contributed by atoms with van der Waals surface area (Å²) in [6.07, 6.45) is 3.33. The van der Waals surface area contributed by atoms with Gasteiger partial charge in [-0.3, -0.25) is 0 Å². The molecule has 0 radical (unpaired) electrons. The van der Waals surface area contributed by atoms with Crippen molar-refractivity contribution in [1.82, 2.24) is 9.97 Å². The molecule has 3 rings (SSSR count). The zero-order chi connectivity index (χ0) is 17.5. The first-order chi connectivity index (χ1) is 12.2. The van der Waals surface area contributed by atoms with Gasteiger partial charge >= 0.3 is 0 Å². The van der Waals surface area contributed by atoms with Gasteiger partial charge < -0.3 is 19.1 Å². The Morgan fingerprint density at radius 2 is 2.28 bits per heavy atom. The molecule has 2 atom stereocenters. The van der Waals surface area contributed by atoms with Crippen LogP contribution in [0.2, 0.25) is 5.28 Å². The summed E-state index contributed by atoms with van der Waals surface area (Å²) in [6.45, 7) is 5.91. The topological polar surface area (TPSA) is 56.7 Å². The van der Waals surface area contributed by atoms with E-state index in [-0.39, 0.29) is 6.29 Å². The van der Waals surface area contributed by atoms with E-state index in [9.17, 15) is 0 Å². The summed E-state index contributed by atoms with van der Waals surface area (Å²) in [5.74, 6) is 2.59. The smallest absolute Gasteiger partial charge is 0.224 e. The van der Waals surface area contributed by atoms with Gasteiger partial charge in [-0.05, 0) is 37.8 Å². The molecule has 140 valence electrons. The third kappa shape index (κ3) is 5.96. The highest BCUT2D eigenvalue weighted by molar-refractivity contribution is 7.98. The first-order valence-corrected chi connectivity index (χ1v) is 10.4. The van der Waals surface area contributed by atoms with E-state index in [4.69, 9.17) is 25.8 Å². The molecule has 8 heteroatoms. The molecule has 0 amide bonds. The summed E-state index contributed by atoms with van der Waals surface area (Å²) < 4.78 is 16.8. The van der Waals surface area contributed by atoms with Gasteiger partial charge in [0.2, 0.25) is 5.28 Å². The van der Waals surface area contributed by atoms with Gasteiger partial charge in [-0.25, -0.2) is 9.97 Å². The maximum atomic E-state index is 6.13. The van der Waals surface area contributed by atoms with Crippen LogP contribution in [-0.2, 0) is 20.0 Å². The third-order valence-electron chi connectivity index (χ3n) is 4.32. The minimum absolute atomic E-state index is 0.0164. The van der Waals surface area contributed by atoms with Crippen LogP contribution in [0.5, 0.6) is 0 Å². The zero-order valence-corrected chi connectivity index (χ0v) is 16.2. The summed E-state index contributed by atoms with van der Waals surface area (Å²) in [7, 11) is 0. The molecular formula is C17H26ClN3O3S. The van der Waals surface area contributed by atoms with E-state index >= 15 is 0 Å². The van der Waals surface area contributed by atoms with Crippen molar-refractivity contribution in [1.29, 1.82) is 0 Å². The lowest BCUT2D eigenvalue weighted by Crippen LogP contribution is -2.44. The maximum Gasteiger partial charge on any atom is 0.224 e. The second-order valence-corrected chi connectivity index (χ2v) is 7.77. The lowest BCUT2D eigenvalue weighted by Gasteiger charge is -2.34. The van der Waals surface area contributed by atoms with Gasteiger partial charge in [0.1, 0.15) is 5.82 Å². The van der Waals surface area contributed by atoms with Crippen LogP contribution in [0.15, 0.2) is 6.07 Å². The number of rotatable bonds is 7. The van der Waals surface area contributed by atoms with E-state index < -0.39 is 0 Å². The molecule has 0 bridgehead atoms. The van der Waals surface area contributed by atoms with Crippen molar-refractivity contribution in [2.45, 2.75) is 44.3 Å². The lowest BCUT2D eigenvalue weighted by atomic mass is 10.2. The normalized spacial score (nSPS) is 24.5. The van der Waals surface area contributed by atoms with Crippen molar-refractivity contribution in [2.75, 3.05) is 43.6 Å². The minimum atomic E-state index is -0.0164. The van der Waals surface area contributed by atoms with Crippen LogP contribution in [0.1, 0.15) is 31.9 Å². The molecule has 2 saturated heterocycles. The fourth-order valence-corrected chi connectivity index (χ4v) is 3.91. The summed E-state index contributed by atoms with van der Waals surface area (Å²) in [4.78, 5) is 11.0. The molecule has 2 fully saturated rings. The Hall–Kier alpha value is -0.600. The van der Waals surface area contributed by atoms with E-state index in [1.807, 2.05) is 6.07 Å². The summed E-state index contributed by atoms with van der Waals surface area (Å²) in [6, 6.07) is 2.33. The van der Waals surface area contributed by atoms with Crippen LogP contribution in [0.25, 0.3) is 0 Å². The van der Waals surface area contributed by atoms with Crippen LogP contribution in [0.4, 0.5) is 5.82 Å². The Morgan fingerprint density at radius 1 is 1.36 bits per heavy atom. The van der Waals surface area contributed by atoms with Gasteiger partial charge in [-0.1, -0.05) is 0 Å². The van der Waals surface area contributed by atoms with Gasteiger partial charge in [0.25, 0.3) is 0 Å². The molecule has 0 N–H and O–H groups in total. The van der Waals surface area contributed by atoms with E-state index in [0.29, 0.717) is 24.5 Å². The van der Waals surface area contributed by atoms with Crippen molar-refractivity contribution in [3.05, 3.63) is 17.0 Å². The Morgan fingerprint density at radius 3 is 3.08 bits per heavy atom. The van der Waals surface area contributed by atoms with Crippen LogP contribution in [-0.4, -0.2) is 61.0 Å². The second-order valence-electron chi connectivity index (χ2n) is 6.32. The molecule has 1 unspecified atom stereocenters. The van der Waals surface area contributed by atoms with Crippen LogP contribution in [0.3, 0.4) is 0 Å². The number of morpholine rings is 1. The second kappa shape index (κ2) is 9.92. The Labute approximate surface area is 158 Å². The van der Waals surface area contributed by atoms with Gasteiger partial charge in [0.05, 0.1) is 31.6 Å². The largest absolute Gasteiger partial charge is 0.377 e. The van der Waals surface area contributed by atoms with Crippen molar-refractivity contribution in [3.8, 4) is 0 Å². The van der Waals surface area contributed by atoms with Crippen LogP contribution < -0.4 is 4.90 Å². The molecule has 1 aromatic heterocycles. The molecule has 2 aliphatic heterocycles. The summed E-state index contributed by atoms with van der Waals surface area (Å²) in [5, 5.41) is 0.304. The minimum Gasteiger partial charge on any atom is -0.377 e. The van der Waals surface area contributed by atoms with Crippen molar-refractivity contribution >= 4 is 29.2 Å². The van der Waals surface area contributed by atoms with Gasteiger partial charge in [-0.15, -0.1) is 0 Å².